The van der Waals surface area contributed by atoms with Crippen LogP contribution in [0.2, 0.25) is 0 Å². The van der Waals surface area contributed by atoms with Gasteiger partial charge in [0.05, 0.1) is 15.3 Å². The molecule has 5 rings (SSSR count). The molecule has 0 spiro atoms. The van der Waals surface area contributed by atoms with Crippen LogP contribution in [0.15, 0.2) is 82.9 Å². The molecule has 8 heteroatoms. The lowest BCUT2D eigenvalue weighted by Crippen LogP contribution is -2.12. The molecule has 4 aromatic heterocycles. The van der Waals surface area contributed by atoms with E-state index in [2.05, 4.69) is 9.97 Å². The van der Waals surface area contributed by atoms with Gasteiger partial charge in [0.15, 0.2) is 5.65 Å². The van der Waals surface area contributed by atoms with Crippen LogP contribution in [0, 0.1) is 0 Å². The van der Waals surface area contributed by atoms with E-state index in [9.17, 15) is 8.42 Å². The summed E-state index contributed by atoms with van der Waals surface area (Å²) in [4.78, 5) is 10.9. The van der Waals surface area contributed by atoms with Gasteiger partial charge in [0.2, 0.25) is 0 Å². The summed E-state index contributed by atoms with van der Waals surface area (Å²) in [6.45, 7) is 0. The Balaban J connectivity index is 1.80. The van der Waals surface area contributed by atoms with E-state index in [0.717, 1.165) is 26.3 Å². The van der Waals surface area contributed by atoms with Crippen LogP contribution in [0.5, 0.6) is 0 Å². The molecule has 0 saturated heterocycles. The van der Waals surface area contributed by atoms with E-state index in [1.807, 2.05) is 23.6 Å². The molecule has 0 saturated carbocycles. The maximum absolute atomic E-state index is 13.3. The molecular weight excluding hydrogens is 410 g/mol. The molecule has 138 valence electrons. The molecule has 0 N–H and O–H groups in total. The van der Waals surface area contributed by atoms with Crippen LogP contribution < -0.4 is 0 Å². The Labute approximate surface area is 169 Å². The minimum Gasteiger partial charge on any atom is -0.252 e. The monoisotopic (exact) mass is 423 g/mol. The second-order valence-corrected chi connectivity index (χ2v) is 9.74. The highest BCUT2D eigenvalue weighted by atomic mass is 32.2. The van der Waals surface area contributed by atoms with Crippen molar-refractivity contribution in [2.45, 2.75) is 4.90 Å². The predicted molar refractivity (Wildman–Crippen MR) is 113 cm³/mol. The third kappa shape index (κ3) is 2.77. The summed E-state index contributed by atoms with van der Waals surface area (Å²) in [5.41, 5.74) is 3.92. The maximum atomic E-state index is 13.3. The van der Waals surface area contributed by atoms with Gasteiger partial charge >= 0.3 is 0 Å². The number of rotatable bonds is 4. The highest BCUT2D eigenvalue weighted by Crippen LogP contribution is 2.36. The van der Waals surface area contributed by atoms with E-state index >= 15 is 0 Å². The van der Waals surface area contributed by atoms with Crippen LogP contribution in [0.3, 0.4) is 0 Å². The van der Waals surface area contributed by atoms with Crippen molar-refractivity contribution < 1.29 is 8.42 Å². The molecular formula is C20H13N3O2S3. The number of hydrogen-bond acceptors (Lipinski definition) is 6. The molecule has 0 aliphatic rings. The fourth-order valence-electron chi connectivity index (χ4n) is 3.09. The Bertz CT molecular complexity index is 1360. The Hall–Kier alpha value is -2.81. The van der Waals surface area contributed by atoms with Gasteiger partial charge in [-0.2, -0.15) is 0 Å². The minimum atomic E-state index is -3.76. The van der Waals surface area contributed by atoms with Crippen molar-refractivity contribution in [2.75, 3.05) is 0 Å². The number of nitrogens with zero attached hydrogens (tertiary/aromatic N) is 3. The van der Waals surface area contributed by atoms with Crippen molar-refractivity contribution in [3.05, 3.63) is 78.0 Å². The van der Waals surface area contributed by atoms with Gasteiger partial charge in [-0.25, -0.2) is 17.4 Å². The van der Waals surface area contributed by atoms with Gasteiger partial charge in [-0.15, -0.1) is 22.7 Å². The van der Waals surface area contributed by atoms with E-state index in [1.165, 1.54) is 15.3 Å². The first-order valence-corrected chi connectivity index (χ1v) is 11.6. The fraction of sp³-hybridized carbons (Fsp3) is 0. The molecule has 5 nitrogen and oxygen atoms in total. The van der Waals surface area contributed by atoms with E-state index in [4.69, 9.17) is 0 Å². The zero-order valence-electron chi connectivity index (χ0n) is 14.4. The molecule has 0 bridgehead atoms. The summed E-state index contributed by atoms with van der Waals surface area (Å²) in [7, 11) is -3.76. The second kappa shape index (κ2) is 6.66. The highest BCUT2D eigenvalue weighted by Gasteiger charge is 2.23. The molecule has 0 atom stereocenters. The summed E-state index contributed by atoms with van der Waals surface area (Å²) in [5, 5.41) is 2.80. The van der Waals surface area contributed by atoms with E-state index < -0.39 is 10.0 Å². The summed E-state index contributed by atoms with van der Waals surface area (Å²) in [6, 6.07) is 14.4. The van der Waals surface area contributed by atoms with Gasteiger partial charge in [0.25, 0.3) is 10.0 Å². The van der Waals surface area contributed by atoms with Crippen molar-refractivity contribution >= 4 is 43.7 Å². The lowest BCUT2D eigenvalue weighted by Gasteiger charge is -2.07. The largest absolute Gasteiger partial charge is 0.269 e. The van der Waals surface area contributed by atoms with Crippen LogP contribution in [-0.2, 0) is 10.0 Å². The highest BCUT2D eigenvalue weighted by molar-refractivity contribution is 7.90. The number of aromatic nitrogens is 3. The Morgan fingerprint density at radius 3 is 2.50 bits per heavy atom. The number of thiophene rings is 1. The van der Waals surface area contributed by atoms with Gasteiger partial charge in [-0.05, 0) is 29.6 Å². The van der Waals surface area contributed by atoms with Gasteiger partial charge in [-0.3, -0.25) is 4.98 Å². The van der Waals surface area contributed by atoms with Crippen LogP contribution >= 0.6 is 22.7 Å². The van der Waals surface area contributed by atoms with Gasteiger partial charge in [0, 0.05) is 40.0 Å². The number of benzene rings is 1. The molecule has 5 aromatic rings. The second-order valence-electron chi connectivity index (χ2n) is 6.09. The quantitative estimate of drug-likeness (QED) is 0.402. The lowest BCUT2D eigenvalue weighted by atomic mass is 10.1. The third-order valence-corrected chi connectivity index (χ3v) is 7.80. The standard InChI is InChI=1S/C20H13N3O2S3/c24-28(25,15-5-2-1-3-6-15)23-12-17(19-11-21-13-27-19)16-9-14(10-22-20(16)23)18-7-4-8-26-18/h1-13H. The molecule has 0 amide bonds. The Kier molecular flexibility index (Phi) is 4.12. The van der Waals surface area contributed by atoms with Crippen molar-refractivity contribution in [1.29, 1.82) is 0 Å². The predicted octanol–water partition coefficient (Wildman–Crippen LogP) is 5.13. The zero-order chi connectivity index (χ0) is 19.1. The summed E-state index contributed by atoms with van der Waals surface area (Å²) in [6.07, 6.45) is 5.12. The van der Waals surface area contributed by atoms with E-state index in [1.54, 1.807) is 65.8 Å². The first-order valence-electron chi connectivity index (χ1n) is 8.39. The van der Waals surface area contributed by atoms with E-state index in [0.29, 0.717) is 5.65 Å². The number of hydrogen-bond donors (Lipinski definition) is 0. The Morgan fingerprint density at radius 2 is 1.79 bits per heavy atom. The fourth-order valence-corrected chi connectivity index (χ4v) is 5.79. The molecule has 1 aromatic carbocycles. The summed E-state index contributed by atoms with van der Waals surface area (Å²) in [5.74, 6) is 0. The van der Waals surface area contributed by atoms with Crippen molar-refractivity contribution in [1.82, 2.24) is 13.9 Å². The van der Waals surface area contributed by atoms with Gasteiger partial charge < -0.3 is 0 Å². The van der Waals surface area contributed by atoms with Gasteiger partial charge in [0.1, 0.15) is 0 Å². The summed E-state index contributed by atoms with van der Waals surface area (Å²) >= 11 is 3.09. The first-order chi connectivity index (χ1) is 13.6. The molecule has 28 heavy (non-hydrogen) atoms. The van der Waals surface area contributed by atoms with Crippen LogP contribution in [-0.4, -0.2) is 22.4 Å². The van der Waals surface area contributed by atoms with Crippen LogP contribution in [0.1, 0.15) is 0 Å². The average Bonchev–Trinajstić information content (AvgIpc) is 3.48. The molecule has 0 unspecified atom stereocenters. The normalized spacial score (nSPS) is 11.9. The Morgan fingerprint density at radius 1 is 0.929 bits per heavy atom. The smallest absolute Gasteiger partial charge is 0.252 e. The number of pyridine rings is 1. The summed E-state index contributed by atoms with van der Waals surface area (Å²) < 4.78 is 27.8. The van der Waals surface area contributed by atoms with Crippen molar-refractivity contribution in [3.8, 4) is 20.9 Å². The van der Waals surface area contributed by atoms with Crippen LogP contribution in [0.4, 0.5) is 0 Å². The van der Waals surface area contributed by atoms with Crippen molar-refractivity contribution in [2.24, 2.45) is 0 Å². The number of thiazole rings is 1. The van der Waals surface area contributed by atoms with Crippen LogP contribution in [0.25, 0.3) is 31.9 Å². The van der Waals surface area contributed by atoms with E-state index in [-0.39, 0.29) is 4.90 Å². The number of fused-ring (bicyclic) bond motifs is 1. The first kappa shape index (κ1) is 17.3. The zero-order valence-corrected chi connectivity index (χ0v) is 16.8. The van der Waals surface area contributed by atoms with Gasteiger partial charge in [-0.1, -0.05) is 24.3 Å². The average molecular weight is 424 g/mol. The molecule has 4 heterocycles. The lowest BCUT2D eigenvalue weighted by molar-refractivity contribution is 0.589. The maximum Gasteiger partial charge on any atom is 0.269 e. The third-order valence-electron chi connectivity index (χ3n) is 4.42. The SMILES string of the molecule is O=S(=O)(c1ccccc1)n1cc(-c2cncs2)c2cc(-c3cccs3)cnc21. The molecule has 0 radical (unpaired) electrons. The molecule has 0 aliphatic carbocycles. The molecule has 0 aliphatic heterocycles. The molecule has 0 fully saturated rings. The topological polar surface area (TPSA) is 64.8 Å². The van der Waals surface area contributed by atoms with Crippen molar-refractivity contribution in [3.63, 3.8) is 0 Å². The minimum absolute atomic E-state index is 0.229.